The van der Waals surface area contributed by atoms with Crippen molar-refractivity contribution in [3.63, 3.8) is 0 Å². The number of rotatable bonds is 5. The maximum Gasteiger partial charge on any atom is 0.321 e. The number of furan rings is 1. The summed E-state index contributed by atoms with van der Waals surface area (Å²) < 4.78 is 6.79. The molecule has 2 N–H and O–H groups in total. The first-order valence-electron chi connectivity index (χ1n) is 7.33. The molecule has 0 aliphatic rings. The number of aromatic nitrogens is 4. The van der Waals surface area contributed by atoms with Gasteiger partial charge in [0, 0.05) is 5.54 Å². The number of hydrogen-bond donors (Lipinski definition) is 2. The second-order valence-electron chi connectivity index (χ2n) is 6.15. The number of urea groups is 1. The van der Waals surface area contributed by atoms with E-state index in [-0.39, 0.29) is 0 Å². The monoisotopic (exact) mass is 352 g/mol. The van der Waals surface area contributed by atoms with Crippen LogP contribution in [-0.2, 0) is 11.3 Å². The quantitative estimate of drug-likeness (QED) is 0.782. The third-order valence-electron chi connectivity index (χ3n) is 2.76. The zero-order chi connectivity index (χ0) is 17.7. The van der Waals surface area contributed by atoms with Crippen molar-refractivity contribution in [2.45, 2.75) is 50.2 Å². The summed E-state index contributed by atoms with van der Waals surface area (Å²) in [5.41, 5.74) is -0.423. The molecule has 9 nitrogen and oxygen atoms in total. The molecule has 0 radical (unpaired) electrons. The van der Waals surface area contributed by atoms with E-state index in [4.69, 9.17) is 4.42 Å². The second kappa shape index (κ2) is 7.47. The van der Waals surface area contributed by atoms with Crippen LogP contribution < -0.4 is 10.6 Å². The van der Waals surface area contributed by atoms with Gasteiger partial charge in [0.05, 0.1) is 11.5 Å². The fourth-order valence-electron chi connectivity index (χ4n) is 1.73. The van der Waals surface area contributed by atoms with Crippen molar-refractivity contribution < 1.29 is 14.0 Å². The number of imide groups is 1. The zero-order valence-corrected chi connectivity index (χ0v) is 14.8. The van der Waals surface area contributed by atoms with Gasteiger partial charge < -0.3 is 9.73 Å². The minimum atomic E-state index is -0.544. The van der Waals surface area contributed by atoms with E-state index in [1.165, 1.54) is 4.68 Å². The molecule has 3 amide bonds. The molecule has 0 bridgehead atoms. The molecule has 10 heteroatoms. The SMILES string of the molecule is CC(Sc1nnnn1Cc1ccco1)C(=O)NC(=O)NC(C)(C)C. The molecule has 2 aromatic rings. The molecule has 2 rings (SSSR count). The van der Waals surface area contributed by atoms with Gasteiger partial charge in [-0.05, 0) is 50.3 Å². The van der Waals surface area contributed by atoms with Crippen molar-refractivity contribution in [2.24, 2.45) is 0 Å². The summed E-state index contributed by atoms with van der Waals surface area (Å²) in [6, 6.07) is 3.05. The summed E-state index contributed by atoms with van der Waals surface area (Å²) in [7, 11) is 0. The maximum absolute atomic E-state index is 12.1. The third kappa shape index (κ3) is 5.37. The Labute approximate surface area is 143 Å². The highest BCUT2D eigenvalue weighted by Gasteiger charge is 2.22. The van der Waals surface area contributed by atoms with Gasteiger partial charge in [0.1, 0.15) is 12.3 Å². The molecule has 0 aromatic carbocycles. The Morgan fingerprint density at radius 3 is 2.79 bits per heavy atom. The molecule has 1 atom stereocenters. The predicted molar refractivity (Wildman–Crippen MR) is 87.4 cm³/mol. The van der Waals surface area contributed by atoms with E-state index in [1.807, 2.05) is 26.8 Å². The van der Waals surface area contributed by atoms with Gasteiger partial charge in [0.2, 0.25) is 11.1 Å². The molecular formula is C14H20N6O3S. The standard InChI is InChI=1S/C14H20N6O3S/c1-9(11(21)15-12(22)16-14(2,3)4)24-13-17-18-19-20(13)8-10-6-5-7-23-10/h5-7,9H,8H2,1-4H3,(H2,15,16,21,22). The molecular weight excluding hydrogens is 332 g/mol. The average Bonchev–Trinajstić information content (AvgIpc) is 3.09. The number of thioether (sulfide) groups is 1. The normalized spacial score (nSPS) is 12.7. The van der Waals surface area contributed by atoms with Crippen LogP contribution in [0.15, 0.2) is 28.0 Å². The lowest BCUT2D eigenvalue weighted by Gasteiger charge is -2.21. The van der Waals surface area contributed by atoms with Gasteiger partial charge in [-0.3, -0.25) is 10.1 Å². The van der Waals surface area contributed by atoms with Crippen LogP contribution in [0.1, 0.15) is 33.5 Å². The summed E-state index contributed by atoms with van der Waals surface area (Å²) in [6.45, 7) is 7.53. The third-order valence-corrected chi connectivity index (χ3v) is 3.83. The molecule has 0 aliphatic carbocycles. The molecule has 2 aromatic heterocycles. The summed E-state index contributed by atoms with van der Waals surface area (Å²) in [5, 5.41) is 16.3. The van der Waals surface area contributed by atoms with Gasteiger partial charge in [-0.1, -0.05) is 11.8 Å². The molecule has 0 aliphatic heterocycles. The Balaban J connectivity index is 1.92. The number of tetrazole rings is 1. The summed E-state index contributed by atoms with van der Waals surface area (Å²) in [6.07, 6.45) is 1.57. The van der Waals surface area contributed by atoms with Gasteiger partial charge in [0.15, 0.2) is 0 Å². The fraction of sp³-hybridized carbons (Fsp3) is 0.500. The molecule has 0 spiro atoms. The number of nitrogens with one attached hydrogen (secondary N) is 2. The Morgan fingerprint density at radius 1 is 1.42 bits per heavy atom. The van der Waals surface area contributed by atoms with Crippen LogP contribution in [0.5, 0.6) is 0 Å². The minimum Gasteiger partial charge on any atom is -0.467 e. The van der Waals surface area contributed by atoms with E-state index in [0.29, 0.717) is 17.5 Å². The first-order valence-corrected chi connectivity index (χ1v) is 8.21. The van der Waals surface area contributed by atoms with Crippen LogP contribution >= 0.6 is 11.8 Å². The van der Waals surface area contributed by atoms with Crippen LogP contribution in [-0.4, -0.2) is 42.9 Å². The van der Waals surface area contributed by atoms with E-state index >= 15 is 0 Å². The molecule has 130 valence electrons. The first-order chi connectivity index (χ1) is 11.2. The second-order valence-corrected chi connectivity index (χ2v) is 7.46. The molecule has 0 saturated carbocycles. The number of hydrogen-bond acceptors (Lipinski definition) is 7. The van der Waals surface area contributed by atoms with Crippen LogP contribution in [0.2, 0.25) is 0 Å². The van der Waals surface area contributed by atoms with Crippen LogP contribution in [0, 0.1) is 0 Å². The number of carbonyl (C=O) groups excluding carboxylic acids is 2. The van der Waals surface area contributed by atoms with Crippen molar-refractivity contribution in [1.82, 2.24) is 30.8 Å². The van der Waals surface area contributed by atoms with E-state index in [0.717, 1.165) is 11.8 Å². The molecule has 2 heterocycles. The van der Waals surface area contributed by atoms with Crippen molar-refractivity contribution in [2.75, 3.05) is 0 Å². The van der Waals surface area contributed by atoms with E-state index < -0.39 is 22.7 Å². The van der Waals surface area contributed by atoms with Crippen LogP contribution in [0.25, 0.3) is 0 Å². The summed E-state index contributed by atoms with van der Waals surface area (Å²) >= 11 is 1.16. The largest absolute Gasteiger partial charge is 0.467 e. The molecule has 1 unspecified atom stereocenters. The summed E-state index contributed by atoms with van der Waals surface area (Å²) in [5.74, 6) is 0.278. The highest BCUT2D eigenvalue weighted by molar-refractivity contribution is 8.00. The highest BCUT2D eigenvalue weighted by Crippen LogP contribution is 2.21. The lowest BCUT2D eigenvalue weighted by molar-refractivity contribution is -0.119. The average molecular weight is 352 g/mol. The Bertz CT molecular complexity index is 692. The maximum atomic E-state index is 12.1. The smallest absolute Gasteiger partial charge is 0.321 e. The zero-order valence-electron chi connectivity index (χ0n) is 13.9. The highest BCUT2D eigenvalue weighted by atomic mass is 32.2. The Kier molecular flexibility index (Phi) is 5.60. The van der Waals surface area contributed by atoms with Gasteiger partial charge in [-0.2, -0.15) is 0 Å². The van der Waals surface area contributed by atoms with Crippen molar-refractivity contribution in [3.8, 4) is 0 Å². The van der Waals surface area contributed by atoms with Gasteiger partial charge in [0.25, 0.3) is 0 Å². The molecule has 24 heavy (non-hydrogen) atoms. The molecule has 0 saturated heterocycles. The van der Waals surface area contributed by atoms with Gasteiger partial charge in [-0.25, -0.2) is 9.48 Å². The number of carbonyl (C=O) groups is 2. The van der Waals surface area contributed by atoms with Crippen molar-refractivity contribution in [3.05, 3.63) is 24.2 Å². The van der Waals surface area contributed by atoms with Gasteiger partial charge in [-0.15, -0.1) is 5.10 Å². The van der Waals surface area contributed by atoms with E-state index in [9.17, 15) is 9.59 Å². The summed E-state index contributed by atoms with van der Waals surface area (Å²) in [4.78, 5) is 23.8. The van der Waals surface area contributed by atoms with Crippen molar-refractivity contribution >= 4 is 23.7 Å². The van der Waals surface area contributed by atoms with Crippen LogP contribution in [0.4, 0.5) is 4.79 Å². The van der Waals surface area contributed by atoms with Crippen LogP contribution in [0.3, 0.4) is 0 Å². The van der Waals surface area contributed by atoms with E-state index in [2.05, 4.69) is 26.2 Å². The van der Waals surface area contributed by atoms with E-state index in [1.54, 1.807) is 19.3 Å². The predicted octanol–water partition coefficient (Wildman–Crippen LogP) is 1.42. The van der Waals surface area contributed by atoms with Crippen molar-refractivity contribution in [1.29, 1.82) is 0 Å². The fourth-order valence-corrected chi connectivity index (χ4v) is 2.52. The first kappa shape index (κ1) is 18.0. The lowest BCUT2D eigenvalue weighted by Crippen LogP contribution is -2.49. The number of nitrogens with zero attached hydrogens (tertiary/aromatic N) is 4. The molecule has 0 fully saturated rings. The topological polar surface area (TPSA) is 115 Å². The minimum absolute atomic E-state index is 0.362. The lowest BCUT2D eigenvalue weighted by atomic mass is 10.1. The van der Waals surface area contributed by atoms with Gasteiger partial charge >= 0.3 is 6.03 Å². The Hall–Kier alpha value is -2.36. The Morgan fingerprint density at radius 2 is 2.17 bits per heavy atom. The number of amides is 3.